The second-order valence-electron chi connectivity index (χ2n) is 5.21. The average Bonchev–Trinajstić information content (AvgIpc) is 2.35. The Morgan fingerprint density at radius 3 is 2.33 bits per heavy atom. The molecule has 2 N–H and O–H groups in total. The van der Waals surface area contributed by atoms with Crippen molar-refractivity contribution in [2.45, 2.75) is 27.4 Å². The fourth-order valence-corrected chi connectivity index (χ4v) is 2.82. The molecule has 0 aliphatic rings. The molecule has 0 spiro atoms. The van der Waals surface area contributed by atoms with Crippen LogP contribution in [0.1, 0.15) is 34.0 Å². The molecule has 3 nitrogen and oxygen atoms in total. The summed E-state index contributed by atoms with van der Waals surface area (Å²) in [5.74, 6) is 0.378. The molecule has 2 rings (SSSR count). The summed E-state index contributed by atoms with van der Waals surface area (Å²) in [5.41, 5.74) is 10.4. The first-order chi connectivity index (χ1) is 9.86. The summed E-state index contributed by atoms with van der Waals surface area (Å²) in [4.78, 5) is 11.7. The predicted octanol–water partition coefficient (Wildman–Crippen LogP) is 4.43. The third kappa shape index (κ3) is 3.85. The monoisotopic (exact) mass is 347 g/mol. The fraction of sp³-hybridized carbons (Fsp3) is 0.235. The van der Waals surface area contributed by atoms with Gasteiger partial charge in [-0.1, -0.05) is 45.3 Å². The molecule has 21 heavy (non-hydrogen) atoms. The third-order valence-electron chi connectivity index (χ3n) is 3.13. The zero-order valence-corrected chi connectivity index (χ0v) is 14.0. The van der Waals surface area contributed by atoms with Crippen molar-refractivity contribution in [1.82, 2.24) is 0 Å². The molecule has 2 aromatic rings. The Morgan fingerprint density at radius 1 is 1.14 bits per heavy atom. The Balaban J connectivity index is 2.29. The quantitative estimate of drug-likeness (QED) is 0.657. The van der Waals surface area contributed by atoms with Crippen LogP contribution in [-0.4, -0.2) is 5.78 Å². The Labute approximate surface area is 133 Å². The predicted molar refractivity (Wildman–Crippen MR) is 88.8 cm³/mol. The number of benzene rings is 2. The van der Waals surface area contributed by atoms with Crippen molar-refractivity contribution in [2.75, 3.05) is 5.73 Å². The van der Waals surface area contributed by atoms with E-state index in [1.54, 1.807) is 12.1 Å². The number of carbonyl (C=O) groups is 1. The number of rotatable bonds is 4. The van der Waals surface area contributed by atoms with Gasteiger partial charge in [0.05, 0.1) is 11.3 Å². The number of aryl methyl sites for hydroxylation is 2. The van der Waals surface area contributed by atoms with Crippen LogP contribution in [0.25, 0.3) is 0 Å². The molecule has 0 aliphatic heterocycles. The molecule has 0 unspecified atom stereocenters. The maximum Gasteiger partial charge on any atom is 0.163 e. The van der Waals surface area contributed by atoms with Gasteiger partial charge in [-0.05, 0) is 38.5 Å². The summed E-state index contributed by atoms with van der Waals surface area (Å²) in [5, 5.41) is 0. The minimum atomic E-state index is -0.0709. The summed E-state index contributed by atoms with van der Waals surface area (Å²) in [6.45, 7) is 5.98. The number of Topliss-reactive ketones (excluding diaryl/α,β-unsaturated/α-hetero) is 1. The molecule has 0 saturated carbocycles. The Hall–Kier alpha value is -1.81. The van der Waals surface area contributed by atoms with E-state index >= 15 is 0 Å². The van der Waals surface area contributed by atoms with Crippen molar-refractivity contribution in [3.05, 3.63) is 57.1 Å². The second-order valence-corrected chi connectivity index (χ2v) is 6.13. The SMILES string of the molecule is CC(=O)c1cc(Br)cc(N)c1OCc1cc(C)cc(C)c1. The van der Waals surface area contributed by atoms with Gasteiger partial charge >= 0.3 is 0 Å². The van der Waals surface area contributed by atoms with Gasteiger partial charge in [0.2, 0.25) is 0 Å². The Kier molecular flexibility index (Phi) is 4.68. The van der Waals surface area contributed by atoms with Crippen LogP contribution in [0.3, 0.4) is 0 Å². The van der Waals surface area contributed by atoms with Gasteiger partial charge in [0, 0.05) is 4.47 Å². The highest BCUT2D eigenvalue weighted by Gasteiger charge is 2.14. The maximum absolute atomic E-state index is 11.7. The molecule has 110 valence electrons. The molecule has 2 aromatic carbocycles. The lowest BCUT2D eigenvalue weighted by atomic mass is 10.1. The fourth-order valence-electron chi connectivity index (χ4n) is 2.35. The molecule has 0 heterocycles. The van der Waals surface area contributed by atoms with Crippen molar-refractivity contribution < 1.29 is 9.53 Å². The highest BCUT2D eigenvalue weighted by Crippen LogP contribution is 2.31. The lowest BCUT2D eigenvalue weighted by molar-refractivity contribution is 0.101. The first-order valence-electron chi connectivity index (χ1n) is 6.66. The standard InChI is InChI=1S/C17H18BrNO2/c1-10-4-11(2)6-13(5-10)9-21-17-15(12(3)20)7-14(18)8-16(17)19/h4-8H,9,19H2,1-3H3. The number of halogens is 1. The molecule has 0 saturated heterocycles. The number of hydrogen-bond acceptors (Lipinski definition) is 3. The number of nitrogen functional groups attached to an aromatic ring is 1. The van der Waals surface area contributed by atoms with Gasteiger partial charge < -0.3 is 10.5 Å². The van der Waals surface area contributed by atoms with Crippen LogP contribution in [0.2, 0.25) is 0 Å². The molecular weight excluding hydrogens is 330 g/mol. The van der Waals surface area contributed by atoms with Gasteiger partial charge in [0.1, 0.15) is 6.61 Å². The summed E-state index contributed by atoms with van der Waals surface area (Å²) in [6, 6.07) is 9.71. The minimum absolute atomic E-state index is 0.0709. The largest absolute Gasteiger partial charge is 0.486 e. The minimum Gasteiger partial charge on any atom is -0.486 e. The Bertz CT molecular complexity index is 675. The molecule has 4 heteroatoms. The number of ketones is 1. The van der Waals surface area contributed by atoms with Crippen molar-refractivity contribution in [3.8, 4) is 5.75 Å². The van der Waals surface area contributed by atoms with Crippen molar-refractivity contribution in [1.29, 1.82) is 0 Å². The smallest absolute Gasteiger partial charge is 0.163 e. The first-order valence-corrected chi connectivity index (χ1v) is 7.46. The average molecular weight is 348 g/mol. The zero-order valence-electron chi connectivity index (χ0n) is 12.4. The highest BCUT2D eigenvalue weighted by atomic mass is 79.9. The number of anilines is 1. The van der Waals surface area contributed by atoms with Crippen LogP contribution in [-0.2, 0) is 6.61 Å². The topological polar surface area (TPSA) is 52.3 Å². The van der Waals surface area contributed by atoms with Gasteiger partial charge in [-0.15, -0.1) is 0 Å². The summed E-state index contributed by atoms with van der Waals surface area (Å²) >= 11 is 3.34. The van der Waals surface area contributed by atoms with E-state index in [2.05, 4.69) is 34.1 Å². The molecule has 0 amide bonds. The lowest BCUT2D eigenvalue weighted by Gasteiger charge is -2.14. The summed E-state index contributed by atoms with van der Waals surface area (Å²) in [6.07, 6.45) is 0. The van der Waals surface area contributed by atoms with E-state index < -0.39 is 0 Å². The highest BCUT2D eigenvalue weighted by molar-refractivity contribution is 9.10. The second kappa shape index (κ2) is 6.31. The number of hydrogen-bond donors (Lipinski definition) is 1. The number of carbonyl (C=O) groups excluding carboxylic acids is 1. The van der Waals surface area contributed by atoms with E-state index in [0.29, 0.717) is 23.6 Å². The van der Waals surface area contributed by atoms with Gasteiger partial charge in [0.15, 0.2) is 11.5 Å². The van der Waals surface area contributed by atoms with Gasteiger partial charge in [-0.2, -0.15) is 0 Å². The lowest BCUT2D eigenvalue weighted by Crippen LogP contribution is -2.05. The van der Waals surface area contributed by atoms with Gasteiger partial charge in [0.25, 0.3) is 0 Å². The van der Waals surface area contributed by atoms with E-state index in [0.717, 1.165) is 10.0 Å². The summed E-state index contributed by atoms with van der Waals surface area (Å²) in [7, 11) is 0. The van der Waals surface area contributed by atoms with Crippen molar-refractivity contribution in [2.24, 2.45) is 0 Å². The van der Waals surface area contributed by atoms with E-state index in [4.69, 9.17) is 10.5 Å². The van der Waals surface area contributed by atoms with E-state index in [-0.39, 0.29) is 5.78 Å². The van der Waals surface area contributed by atoms with Crippen molar-refractivity contribution >= 4 is 27.4 Å². The molecule has 0 fully saturated rings. The summed E-state index contributed by atoms with van der Waals surface area (Å²) < 4.78 is 6.58. The van der Waals surface area contributed by atoms with Crippen LogP contribution in [0.5, 0.6) is 5.75 Å². The van der Waals surface area contributed by atoms with E-state index in [9.17, 15) is 4.79 Å². The van der Waals surface area contributed by atoms with Crippen LogP contribution >= 0.6 is 15.9 Å². The Morgan fingerprint density at radius 2 is 1.76 bits per heavy atom. The van der Waals surface area contributed by atoms with E-state index in [1.807, 2.05) is 13.8 Å². The maximum atomic E-state index is 11.7. The third-order valence-corrected chi connectivity index (χ3v) is 3.58. The molecule has 0 atom stereocenters. The van der Waals surface area contributed by atoms with Crippen LogP contribution in [0.4, 0.5) is 5.69 Å². The van der Waals surface area contributed by atoms with Gasteiger partial charge in [-0.3, -0.25) is 4.79 Å². The van der Waals surface area contributed by atoms with E-state index in [1.165, 1.54) is 18.1 Å². The first kappa shape index (κ1) is 15.6. The van der Waals surface area contributed by atoms with Gasteiger partial charge in [-0.25, -0.2) is 0 Å². The number of nitrogens with two attached hydrogens (primary N) is 1. The molecular formula is C17H18BrNO2. The van der Waals surface area contributed by atoms with Crippen LogP contribution in [0.15, 0.2) is 34.8 Å². The van der Waals surface area contributed by atoms with Crippen LogP contribution < -0.4 is 10.5 Å². The molecule has 0 radical (unpaired) electrons. The number of ether oxygens (including phenoxy) is 1. The zero-order chi connectivity index (χ0) is 15.6. The normalized spacial score (nSPS) is 10.5. The molecule has 0 bridgehead atoms. The molecule has 0 aliphatic carbocycles. The van der Waals surface area contributed by atoms with Crippen molar-refractivity contribution in [3.63, 3.8) is 0 Å². The molecule has 0 aromatic heterocycles. The van der Waals surface area contributed by atoms with Crippen LogP contribution in [0, 0.1) is 13.8 Å².